The van der Waals surface area contributed by atoms with Crippen LogP contribution < -0.4 is 4.89 Å². The topological polar surface area (TPSA) is 158 Å². The van der Waals surface area contributed by atoms with Gasteiger partial charge >= 0.3 is 18.0 Å². The summed E-state index contributed by atoms with van der Waals surface area (Å²) in [6.07, 6.45) is 0.324. The third-order valence-electron chi connectivity index (χ3n) is 5.30. The summed E-state index contributed by atoms with van der Waals surface area (Å²) in [5.41, 5.74) is 0.173. The van der Waals surface area contributed by atoms with E-state index >= 15 is 0 Å². The van der Waals surface area contributed by atoms with Crippen molar-refractivity contribution in [2.45, 2.75) is 58.6 Å². The summed E-state index contributed by atoms with van der Waals surface area (Å²) in [4.78, 5) is 76.3. The summed E-state index contributed by atoms with van der Waals surface area (Å²) in [7, 11) is 0. The zero-order valence-corrected chi connectivity index (χ0v) is 21.0. The fourth-order valence-electron chi connectivity index (χ4n) is 3.40. The summed E-state index contributed by atoms with van der Waals surface area (Å²) in [5, 5.41) is 10.8. The first kappa shape index (κ1) is 29.5. The number of hydroxylamine groups is 2. The maximum atomic E-state index is 13.1. The number of amides is 2. The van der Waals surface area contributed by atoms with Crippen LogP contribution in [0.5, 0.6) is 5.75 Å². The van der Waals surface area contributed by atoms with Crippen molar-refractivity contribution in [3.63, 3.8) is 0 Å². The first-order valence-electron chi connectivity index (χ1n) is 11.8. The standard InChI is InChI=1S/C24H32N2O11/c1-4-5-22(30)37-36-20-8-6-18(7-9-20)23(31)21(14-27)26(16(2)28)35-19-10-12-25(13-11-19)24(32)34-15-33-17(3)29/h6-9,19,21,27H,4-5,10-15H2,1-3H3/t21-/m0/s1. The second-order valence-corrected chi connectivity index (χ2v) is 8.18. The van der Waals surface area contributed by atoms with Gasteiger partial charge in [-0.1, -0.05) is 6.92 Å². The van der Waals surface area contributed by atoms with E-state index in [1.54, 1.807) is 0 Å². The lowest BCUT2D eigenvalue weighted by Crippen LogP contribution is -2.50. The average Bonchev–Trinajstić information content (AvgIpc) is 2.87. The van der Waals surface area contributed by atoms with Crippen LogP contribution in [0.25, 0.3) is 0 Å². The number of Topliss-reactive ketones (excluding diaryl/α,β-unsaturated/α-hetero) is 1. The Morgan fingerprint density at radius 2 is 1.70 bits per heavy atom. The predicted octanol–water partition coefficient (Wildman–Crippen LogP) is 1.77. The molecule has 1 aliphatic rings. The number of hydrogen-bond acceptors (Lipinski definition) is 11. The highest BCUT2D eigenvalue weighted by Crippen LogP contribution is 2.20. The number of piperidine rings is 1. The van der Waals surface area contributed by atoms with Gasteiger partial charge in [-0.25, -0.2) is 14.7 Å². The molecule has 13 nitrogen and oxygen atoms in total. The van der Waals surface area contributed by atoms with Crippen molar-refractivity contribution < 1.29 is 53.2 Å². The number of aliphatic hydroxyl groups excluding tert-OH is 1. The Labute approximate surface area is 214 Å². The van der Waals surface area contributed by atoms with E-state index in [2.05, 4.69) is 9.62 Å². The van der Waals surface area contributed by atoms with E-state index in [9.17, 15) is 29.1 Å². The molecule has 1 aromatic carbocycles. The number of carbonyl (C=O) groups is 5. The molecule has 1 atom stereocenters. The van der Waals surface area contributed by atoms with Crippen LogP contribution in [0.3, 0.4) is 0 Å². The number of ether oxygens (including phenoxy) is 2. The highest BCUT2D eigenvalue weighted by molar-refractivity contribution is 6.01. The molecular formula is C24H32N2O11. The highest BCUT2D eigenvalue weighted by Gasteiger charge is 2.33. The van der Waals surface area contributed by atoms with Gasteiger partial charge < -0.3 is 19.5 Å². The number of carbonyl (C=O) groups excluding carboxylic acids is 5. The van der Waals surface area contributed by atoms with Gasteiger partial charge in [0.1, 0.15) is 6.04 Å². The number of ketones is 1. The molecule has 37 heavy (non-hydrogen) atoms. The molecule has 0 saturated carbocycles. The highest BCUT2D eigenvalue weighted by atomic mass is 17.2. The molecule has 0 aliphatic carbocycles. The van der Waals surface area contributed by atoms with Gasteiger partial charge in [0.2, 0.25) is 12.7 Å². The molecule has 1 aliphatic heterocycles. The van der Waals surface area contributed by atoms with Crippen LogP contribution in [0.2, 0.25) is 0 Å². The Hall–Kier alpha value is -3.71. The number of esters is 1. The first-order valence-corrected chi connectivity index (χ1v) is 11.8. The lowest BCUT2D eigenvalue weighted by atomic mass is 10.0. The van der Waals surface area contributed by atoms with Gasteiger partial charge in [0.15, 0.2) is 11.5 Å². The quantitative estimate of drug-likeness (QED) is 0.140. The number of nitrogens with zero attached hydrogens (tertiary/aromatic N) is 2. The Morgan fingerprint density at radius 3 is 2.24 bits per heavy atom. The molecule has 1 N–H and O–H groups in total. The van der Waals surface area contributed by atoms with Crippen molar-refractivity contribution in [3.05, 3.63) is 29.8 Å². The van der Waals surface area contributed by atoms with Crippen molar-refractivity contribution in [2.24, 2.45) is 0 Å². The molecule has 0 aromatic heterocycles. The van der Waals surface area contributed by atoms with Gasteiger partial charge in [0, 0.05) is 38.9 Å². The Bertz CT molecular complexity index is 943. The molecule has 0 radical (unpaired) electrons. The lowest BCUT2D eigenvalue weighted by molar-refractivity contribution is -0.222. The molecule has 1 saturated heterocycles. The van der Waals surface area contributed by atoms with Gasteiger partial charge in [-0.15, -0.1) is 0 Å². The zero-order valence-electron chi connectivity index (χ0n) is 21.0. The monoisotopic (exact) mass is 524 g/mol. The molecular weight excluding hydrogens is 492 g/mol. The number of hydrogen-bond donors (Lipinski definition) is 1. The third kappa shape index (κ3) is 9.35. The third-order valence-corrected chi connectivity index (χ3v) is 5.30. The lowest BCUT2D eigenvalue weighted by Gasteiger charge is -2.35. The zero-order chi connectivity index (χ0) is 27.4. The van der Waals surface area contributed by atoms with Crippen molar-refractivity contribution in [2.75, 3.05) is 26.5 Å². The average molecular weight is 525 g/mol. The Morgan fingerprint density at radius 1 is 1.05 bits per heavy atom. The van der Waals surface area contributed by atoms with Crippen LogP contribution in [0.15, 0.2) is 24.3 Å². The van der Waals surface area contributed by atoms with Crippen LogP contribution in [-0.4, -0.2) is 83.4 Å². The fraction of sp³-hybridized carbons (Fsp3) is 0.542. The number of benzene rings is 1. The molecule has 1 fully saturated rings. The minimum absolute atomic E-state index is 0.173. The van der Waals surface area contributed by atoms with Crippen molar-refractivity contribution >= 4 is 29.7 Å². The summed E-state index contributed by atoms with van der Waals surface area (Å²) in [5.74, 6) is -2.06. The van der Waals surface area contributed by atoms with E-state index in [1.807, 2.05) is 6.92 Å². The normalized spacial score (nSPS) is 14.3. The first-order chi connectivity index (χ1) is 17.7. The van der Waals surface area contributed by atoms with E-state index in [1.165, 1.54) is 43.0 Å². The summed E-state index contributed by atoms with van der Waals surface area (Å²) < 4.78 is 9.43. The smallest absolute Gasteiger partial charge is 0.412 e. The predicted molar refractivity (Wildman–Crippen MR) is 125 cm³/mol. The SMILES string of the molecule is CCCC(=O)OOc1ccc(C(=O)[C@H](CO)N(OC2CCN(C(=O)OCOC(C)=O)CC2)C(C)=O)cc1. The molecule has 13 heteroatoms. The minimum atomic E-state index is -1.31. The Balaban J connectivity index is 1.95. The van der Waals surface area contributed by atoms with Gasteiger partial charge in [-0.2, -0.15) is 0 Å². The summed E-state index contributed by atoms with van der Waals surface area (Å²) in [6, 6.07) is 4.34. The van der Waals surface area contributed by atoms with Gasteiger partial charge in [0.05, 0.1) is 12.7 Å². The molecule has 1 heterocycles. The molecule has 1 aromatic rings. The van der Waals surface area contributed by atoms with E-state index < -0.39 is 55.3 Å². The number of likely N-dealkylation sites (tertiary alicyclic amines) is 1. The maximum absolute atomic E-state index is 13.1. The second kappa shape index (κ2) is 14.8. The van der Waals surface area contributed by atoms with Crippen molar-refractivity contribution in [3.8, 4) is 5.75 Å². The Kier molecular flexibility index (Phi) is 11.8. The molecule has 2 amide bonds. The summed E-state index contributed by atoms with van der Waals surface area (Å²) >= 11 is 0. The van der Waals surface area contributed by atoms with Gasteiger partial charge in [0.25, 0.3) is 0 Å². The van der Waals surface area contributed by atoms with E-state index in [0.29, 0.717) is 19.3 Å². The molecule has 2 rings (SSSR count). The van der Waals surface area contributed by atoms with E-state index in [-0.39, 0.29) is 30.8 Å². The van der Waals surface area contributed by atoms with Crippen molar-refractivity contribution in [1.82, 2.24) is 9.96 Å². The molecule has 0 unspecified atom stereocenters. The number of rotatable bonds is 12. The van der Waals surface area contributed by atoms with E-state index in [4.69, 9.17) is 14.5 Å². The van der Waals surface area contributed by atoms with Gasteiger partial charge in [-0.3, -0.25) is 29.0 Å². The molecule has 0 bridgehead atoms. The largest absolute Gasteiger partial charge is 0.428 e. The second-order valence-electron chi connectivity index (χ2n) is 8.18. The maximum Gasteiger partial charge on any atom is 0.412 e. The fourth-order valence-corrected chi connectivity index (χ4v) is 3.40. The van der Waals surface area contributed by atoms with Crippen LogP contribution in [0, 0.1) is 0 Å². The van der Waals surface area contributed by atoms with Crippen molar-refractivity contribution in [1.29, 1.82) is 0 Å². The van der Waals surface area contributed by atoms with Gasteiger partial charge in [-0.05, 0) is 43.5 Å². The number of aliphatic hydroxyl groups is 1. The van der Waals surface area contributed by atoms with Crippen LogP contribution in [0.1, 0.15) is 56.8 Å². The molecule has 204 valence electrons. The van der Waals surface area contributed by atoms with Crippen LogP contribution in [-0.2, 0) is 33.6 Å². The molecule has 0 spiro atoms. The van der Waals surface area contributed by atoms with E-state index in [0.717, 1.165) is 5.06 Å². The minimum Gasteiger partial charge on any atom is -0.428 e. The summed E-state index contributed by atoms with van der Waals surface area (Å²) in [6.45, 7) is 3.54. The van der Waals surface area contributed by atoms with Crippen LogP contribution in [0.4, 0.5) is 4.79 Å². The van der Waals surface area contributed by atoms with Crippen LogP contribution >= 0.6 is 0 Å².